The van der Waals surface area contributed by atoms with Crippen molar-refractivity contribution in [3.8, 4) is 5.69 Å². The molecule has 1 unspecified atom stereocenters. The summed E-state index contributed by atoms with van der Waals surface area (Å²) in [6, 6.07) is 22.6. The molecule has 3 nitrogen and oxygen atoms in total. The van der Waals surface area contributed by atoms with Gasteiger partial charge in [-0.3, -0.25) is 4.79 Å². The van der Waals surface area contributed by atoms with Crippen LogP contribution in [0, 0.1) is 5.92 Å². The van der Waals surface area contributed by atoms with Crippen LogP contribution in [0.25, 0.3) is 5.69 Å². The van der Waals surface area contributed by atoms with Gasteiger partial charge in [0.15, 0.2) is 0 Å². The minimum absolute atomic E-state index is 0.0921. The predicted molar refractivity (Wildman–Crippen MR) is 99.5 cm³/mol. The molecule has 1 saturated carbocycles. The average molecular weight is 330 g/mol. The van der Waals surface area contributed by atoms with E-state index in [1.165, 1.54) is 18.4 Å². The second kappa shape index (κ2) is 6.98. The van der Waals surface area contributed by atoms with E-state index < -0.39 is 0 Å². The lowest BCUT2D eigenvalue weighted by atomic mass is 10.0. The first-order valence-electron chi connectivity index (χ1n) is 8.86. The number of carbonyl (C=O) groups excluding carboxylic acids is 1. The predicted octanol–water partition coefficient (Wildman–Crippen LogP) is 4.29. The lowest BCUT2D eigenvalue weighted by Gasteiger charge is -2.19. The Kier molecular flexibility index (Phi) is 4.38. The molecule has 1 aliphatic rings. The summed E-state index contributed by atoms with van der Waals surface area (Å²) in [6.45, 7) is 0. The molecule has 0 radical (unpaired) electrons. The average Bonchev–Trinajstić information content (AvgIpc) is 3.34. The molecular weight excluding hydrogens is 308 g/mol. The molecule has 1 atom stereocenters. The number of nitrogens with zero attached hydrogens (tertiary/aromatic N) is 1. The van der Waals surface area contributed by atoms with E-state index in [9.17, 15) is 4.79 Å². The van der Waals surface area contributed by atoms with Gasteiger partial charge in [-0.2, -0.15) is 0 Å². The molecule has 0 spiro atoms. The minimum Gasteiger partial charge on any atom is -0.349 e. The molecular formula is C22H22N2O. The number of benzene rings is 2. The largest absolute Gasteiger partial charge is 0.349 e. The van der Waals surface area contributed by atoms with Crippen molar-refractivity contribution in [2.24, 2.45) is 5.92 Å². The maximum atomic E-state index is 12.5. The van der Waals surface area contributed by atoms with E-state index in [-0.39, 0.29) is 11.9 Å². The summed E-state index contributed by atoms with van der Waals surface area (Å²) in [5, 5.41) is 3.24. The maximum Gasteiger partial charge on any atom is 0.224 e. The molecule has 4 rings (SSSR count). The lowest BCUT2D eigenvalue weighted by Crippen LogP contribution is -2.31. The zero-order valence-corrected chi connectivity index (χ0v) is 14.1. The van der Waals surface area contributed by atoms with E-state index in [2.05, 4.69) is 34.1 Å². The Balaban J connectivity index is 1.41. The highest BCUT2D eigenvalue weighted by atomic mass is 16.1. The van der Waals surface area contributed by atoms with E-state index in [1.54, 1.807) is 0 Å². The smallest absolute Gasteiger partial charge is 0.224 e. The SMILES string of the molecule is O=C(Cc1ccc(-n2cccc2)cc1)NC(c1ccccc1)C1CC1. The molecule has 0 aliphatic heterocycles. The highest BCUT2D eigenvalue weighted by Crippen LogP contribution is 2.40. The fourth-order valence-electron chi connectivity index (χ4n) is 3.27. The molecule has 3 aromatic rings. The summed E-state index contributed by atoms with van der Waals surface area (Å²) >= 11 is 0. The Hall–Kier alpha value is -2.81. The van der Waals surface area contributed by atoms with Crippen molar-refractivity contribution in [2.75, 3.05) is 0 Å². The van der Waals surface area contributed by atoms with E-state index >= 15 is 0 Å². The van der Waals surface area contributed by atoms with Crippen molar-refractivity contribution in [1.29, 1.82) is 0 Å². The second-order valence-corrected chi connectivity index (χ2v) is 6.73. The molecule has 3 heteroatoms. The van der Waals surface area contributed by atoms with Crippen LogP contribution in [0.3, 0.4) is 0 Å². The third kappa shape index (κ3) is 3.82. The Bertz CT molecular complexity index is 818. The van der Waals surface area contributed by atoms with E-state index in [4.69, 9.17) is 0 Å². The molecule has 1 fully saturated rings. The Morgan fingerprint density at radius 2 is 1.64 bits per heavy atom. The number of amides is 1. The lowest BCUT2D eigenvalue weighted by molar-refractivity contribution is -0.121. The van der Waals surface area contributed by atoms with Crippen molar-refractivity contribution in [3.05, 3.63) is 90.3 Å². The number of rotatable bonds is 6. The van der Waals surface area contributed by atoms with Gasteiger partial charge >= 0.3 is 0 Å². The topological polar surface area (TPSA) is 34.0 Å². The van der Waals surface area contributed by atoms with Gasteiger partial charge in [-0.25, -0.2) is 0 Å². The summed E-state index contributed by atoms with van der Waals surface area (Å²) < 4.78 is 2.06. The van der Waals surface area contributed by atoms with Crippen molar-refractivity contribution in [3.63, 3.8) is 0 Å². The third-order valence-electron chi connectivity index (χ3n) is 4.77. The van der Waals surface area contributed by atoms with Gasteiger partial charge < -0.3 is 9.88 Å². The van der Waals surface area contributed by atoms with Crippen LogP contribution in [0.4, 0.5) is 0 Å². The number of hydrogen-bond donors (Lipinski definition) is 1. The summed E-state index contributed by atoms with van der Waals surface area (Å²) in [4.78, 5) is 12.5. The Morgan fingerprint density at radius 3 is 2.28 bits per heavy atom. The molecule has 0 saturated heterocycles. The number of aromatic nitrogens is 1. The van der Waals surface area contributed by atoms with Gasteiger partial charge in [0.1, 0.15) is 0 Å². The van der Waals surface area contributed by atoms with Gasteiger partial charge in [0.25, 0.3) is 0 Å². The first-order valence-corrected chi connectivity index (χ1v) is 8.86. The fraction of sp³-hybridized carbons (Fsp3) is 0.227. The highest BCUT2D eigenvalue weighted by molar-refractivity contribution is 5.79. The van der Waals surface area contributed by atoms with Crippen molar-refractivity contribution < 1.29 is 4.79 Å². The number of nitrogens with one attached hydrogen (secondary N) is 1. The molecule has 0 bridgehead atoms. The van der Waals surface area contributed by atoms with Gasteiger partial charge in [0.05, 0.1) is 12.5 Å². The zero-order valence-electron chi connectivity index (χ0n) is 14.1. The molecule has 126 valence electrons. The van der Waals surface area contributed by atoms with E-state index in [1.807, 2.05) is 54.9 Å². The molecule has 2 aromatic carbocycles. The summed E-state index contributed by atoms with van der Waals surface area (Å²) in [5.74, 6) is 0.678. The standard InChI is InChI=1S/C22H22N2O/c25-21(23-22(19-10-11-19)18-6-2-1-3-7-18)16-17-8-12-20(13-9-17)24-14-4-5-15-24/h1-9,12-15,19,22H,10-11,16H2,(H,23,25). The van der Waals surface area contributed by atoms with Gasteiger partial charge in [-0.1, -0.05) is 42.5 Å². The molecule has 1 heterocycles. The minimum atomic E-state index is 0.0921. The Morgan fingerprint density at radius 1 is 0.960 bits per heavy atom. The van der Waals surface area contributed by atoms with E-state index in [0.29, 0.717) is 12.3 Å². The van der Waals surface area contributed by atoms with Crippen molar-refractivity contribution in [1.82, 2.24) is 9.88 Å². The summed E-state index contributed by atoms with van der Waals surface area (Å²) in [7, 11) is 0. The van der Waals surface area contributed by atoms with Gasteiger partial charge in [0.2, 0.25) is 5.91 Å². The van der Waals surface area contributed by atoms with E-state index in [0.717, 1.165) is 11.3 Å². The third-order valence-corrected chi connectivity index (χ3v) is 4.77. The van der Waals surface area contributed by atoms with Gasteiger partial charge in [0, 0.05) is 18.1 Å². The van der Waals surface area contributed by atoms with Gasteiger partial charge in [-0.15, -0.1) is 0 Å². The normalized spacial score (nSPS) is 14.9. The fourth-order valence-corrected chi connectivity index (χ4v) is 3.27. The molecule has 1 N–H and O–H groups in total. The van der Waals surface area contributed by atoms with Crippen LogP contribution in [0.2, 0.25) is 0 Å². The van der Waals surface area contributed by atoms with Crippen LogP contribution < -0.4 is 5.32 Å². The quantitative estimate of drug-likeness (QED) is 0.719. The van der Waals surface area contributed by atoms with Gasteiger partial charge in [-0.05, 0) is 54.2 Å². The van der Waals surface area contributed by atoms with Crippen LogP contribution in [0.15, 0.2) is 79.1 Å². The maximum absolute atomic E-state index is 12.5. The Labute approximate surface area is 148 Å². The molecule has 1 aliphatic carbocycles. The molecule has 1 aromatic heterocycles. The monoisotopic (exact) mass is 330 g/mol. The van der Waals surface area contributed by atoms with Crippen molar-refractivity contribution >= 4 is 5.91 Å². The molecule has 25 heavy (non-hydrogen) atoms. The molecule has 1 amide bonds. The van der Waals surface area contributed by atoms with Crippen LogP contribution in [-0.2, 0) is 11.2 Å². The zero-order chi connectivity index (χ0) is 17.1. The van der Waals surface area contributed by atoms with Crippen molar-refractivity contribution in [2.45, 2.75) is 25.3 Å². The first-order chi connectivity index (χ1) is 12.3. The first kappa shape index (κ1) is 15.7. The van der Waals surface area contributed by atoms with Crippen LogP contribution in [0.1, 0.15) is 30.0 Å². The second-order valence-electron chi connectivity index (χ2n) is 6.73. The number of hydrogen-bond acceptors (Lipinski definition) is 1. The van der Waals surface area contributed by atoms with Crippen LogP contribution in [-0.4, -0.2) is 10.5 Å². The summed E-state index contributed by atoms with van der Waals surface area (Å²) in [6.07, 6.45) is 6.85. The highest BCUT2D eigenvalue weighted by Gasteiger charge is 2.33. The number of carbonyl (C=O) groups is 1. The summed E-state index contributed by atoms with van der Waals surface area (Å²) in [5.41, 5.74) is 3.35. The van der Waals surface area contributed by atoms with Crippen LogP contribution >= 0.6 is 0 Å². The van der Waals surface area contributed by atoms with Crippen LogP contribution in [0.5, 0.6) is 0 Å².